The third-order valence-corrected chi connectivity index (χ3v) is 1.98. The minimum absolute atomic E-state index is 0.0217. The van der Waals surface area contributed by atoms with Crippen LogP contribution in [0.2, 0.25) is 0 Å². The maximum Gasteiger partial charge on any atom is 0.437 e. The molecule has 7 nitrogen and oxygen atoms in total. The number of hydrogen-bond donors (Lipinski definition) is 1. The van der Waals surface area contributed by atoms with Gasteiger partial charge < -0.3 is 14.4 Å². The number of ether oxygens (including phenoxy) is 2. The molecule has 0 bridgehead atoms. The summed E-state index contributed by atoms with van der Waals surface area (Å²) < 4.78 is 10.3. The fourth-order valence-electron chi connectivity index (χ4n) is 1.22. The average Bonchev–Trinajstić information content (AvgIpc) is 2.30. The SMILES string of the molecule is C=C/C=C\N(C)/C(=N/C(=O)OC(C)(C)C)NC(=O)OC(C)(C)C. The van der Waals surface area contributed by atoms with Crippen molar-refractivity contribution in [2.45, 2.75) is 52.7 Å². The molecule has 0 unspecified atom stereocenters. The zero-order chi connectivity index (χ0) is 18.3. The molecule has 0 atom stereocenters. The second-order valence-corrected chi connectivity index (χ2v) is 6.73. The Hall–Kier alpha value is -2.31. The lowest BCUT2D eigenvalue weighted by molar-refractivity contribution is 0.0557. The molecular formula is C16H27N3O4. The Morgan fingerprint density at radius 1 is 1.09 bits per heavy atom. The van der Waals surface area contributed by atoms with Crippen LogP contribution in [-0.2, 0) is 9.47 Å². The van der Waals surface area contributed by atoms with E-state index in [1.165, 1.54) is 4.90 Å². The van der Waals surface area contributed by atoms with Gasteiger partial charge in [-0.2, -0.15) is 0 Å². The highest BCUT2D eigenvalue weighted by molar-refractivity contribution is 5.99. The Morgan fingerprint density at radius 2 is 1.61 bits per heavy atom. The van der Waals surface area contributed by atoms with Gasteiger partial charge in [-0.3, -0.25) is 5.32 Å². The zero-order valence-electron chi connectivity index (χ0n) is 15.0. The standard InChI is InChI=1S/C16H27N3O4/c1-9-10-11-19(8)12(17-13(20)22-15(2,3)4)18-14(21)23-16(5,6)7/h9-11H,1H2,2-8H3,(H,17,18,20,21)/b11-10-. The summed E-state index contributed by atoms with van der Waals surface area (Å²) in [5.74, 6) is -0.0217. The molecule has 0 spiro atoms. The van der Waals surface area contributed by atoms with Crippen molar-refractivity contribution in [2.24, 2.45) is 4.99 Å². The lowest BCUT2D eigenvalue weighted by Crippen LogP contribution is -2.43. The largest absolute Gasteiger partial charge is 0.444 e. The van der Waals surface area contributed by atoms with Crippen molar-refractivity contribution in [1.82, 2.24) is 10.2 Å². The molecule has 23 heavy (non-hydrogen) atoms. The summed E-state index contributed by atoms with van der Waals surface area (Å²) in [5, 5.41) is 2.43. The fourth-order valence-corrected chi connectivity index (χ4v) is 1.22. The van der Waals surface area contributed by atoms with E-state index in [-0.39, 0.29) is 5.96 Å². The topological polar surface area (TPSA) is 80.2 Å². The van der Waals surface area contributed by atoms with Gasteiger partial charge in [0.25, 0.3) is 0 Å². The third kappa shape index (κ3) is 11.0. The quantitative estimate of drug-likeness (QED) is 0.478. The van der Waals surface area contributed by atoms with Crippen molar-refractivity contribution < 1.29 is 19.1 Å². The highest BCUT2D eigenvalue weighted by atomic mass is 16.6. The van der Waals surface area contributed by atoms with Crippen molar-refractivity contribution in [2.75, 3.05) is 7.05 Å². The van der Waals surface area contributed by atoms with Gasteiger partial charge in [-0.1, -0.05) is 12.7 Å². The lowest BCUT2D eigenvalue weighted by Gasteiger charge is -2.23. The van der Waals surface area contributed by atoms with Gasteiger partial charge in [0.05, 0.1) is 0 Å². The monoisotopic (exact) mass is 325 g/mol. The number of carbonyl (C=O) groups excluding carboxylic acids is 2. The van der Waals surface area contributed by atoms with Crippen LogP contribution in [0.25, 0.3) is 0 Å². The van der Waals surface area contributed by atoms with Crippen molar-refractivity contribution >= 4 is 18.1 Å². The lowest BCUT2D eigenvalue weighted by atomic mass is 10.2. The first-order chi connectivity index (χ1) is 10.3. The predicted molar refractivity (Wildman–Crippen MR) is 90.1 cm³/mol. The Balaban J connectivity index is 5.23. The molecule has 0 heterocycles. The summed E-state index contributed by atoms with van der Waals surface area (Å²) in [6, 6.07) is 0. The summed E-state index contributed by atoms with van der Waals surface area (Å²) >= 11 is 0. The molecule has 0 aliphatic carbocycles. The summed E-state index contributed by atoms with van der Waals surface area (Å²) in [6.45, 7) is 13.9. The summed E-state index contributed by atoms with van der Waals surface area (Å²) in [4.78, 5) is 28.9. The number of amides is 2. The van der Waals surface area contributed by atoms with Crippen LogP contribution in [0.5, 0.6) is 0 Å². The van der Waals surface area contributed by atoms with E-state index in [0.717, 1.165) is 0 Å². The predicted octanol–water partition coefficient (Wildman–Crippen LogP) is 3.43. The number of aliphatic imine (C=N–C) groups is 1. The Morgan fingerprint density at radius 3 is 2.04 bits per heavy atom. The second kappa shape index (κ2) is 8.36. The van der Waals surface area contributed by atoms with E-state index in [2.05, 4.69) is 16.9 Å². The molecule has 7 heteroatoms. The molecular weight excluding hydrogens is 298 g/mol. The number of allylic oxidation sites excluding steroid dienone is 2. The molecule has 1 N–H and O–H groups in total. The van der Waals surface area contributed by atoms with Gasteiger partial charge in [0.2, 0.25) is 5.96 Å². The minimum Gasteiger partial charge on any atom is -0.444 e. The van der Waals surface area contributed by atoms with Gasteiger partial charge in [-0.25, -0.2) is 9.59 Å². The molecule has 2 amide bonds. The number of nitrogens with one attached hydrogen (secondary N) is 1. The first-order valence-electron chi connectivity index (χ1n) is 7.18. The van der Waals surface area contributed by atoms with Crippen LogP contribution in [0.1, 0.15) is 41.5 Å². The average molecular weight is 325 g/mol. The number of hydrogen-bond acceptors (Lipinski definition) is 4. The van der Waals surface area contributed by atoms with E-state index in [4.69, 9.17) is 9.47 Å². The third-order valence-electron chi connectivity index (χ3n) is 1.98. The normalized spacial score (nSPS) is 12.7. The molecule has 0 aliphatic heterocycles. The van der Waals surface area contributed by atoms with Crippen molar-refractivity contribution in [1.29, 1.82) is 0 Å². The van der Waals surface area contributed by atoms with Crippen LogP contribution >= 0.6 is 0 Å². The van der Waals surface area contributed by atoms with Crippen LogP contribution in [0.15, 0.2) is 29.9 Å². The molecule has 0 radical (unpaired) electrons. The molecule has 0 saturated carbocycles. The first-order valence-corrected chi connectivity index (χ1v) is 7.18. The maximum atomic E-state index is 11.9. The van der Waals surface area contributed by atoms with Gasteiger partial charge in [0, 0.05) is 13.2 Å². The molecule has 0 aromatic carbocycles. The Kier molecular flexibility index (Phi) is 7.52. The Labute approximate surface area is 138 Å². The van der Waals surface area contributed by atoms with Crippen molar-refractivity contribution in [3.63, 3.8) is 0 Å². The van der Waals surface area contributed by atoms with Crippen molar-refractivity contribution in [3.05, 3.63) is 24.9 Å². The maximum absolute atomic E-state index is 11.9. The molecule has 0 rings (SSSR count). The molecule has 0 saturated heterocycles. The van der Waals surface area contributed by atoms with Crippen LogP contribution in [0.4, 0.5) is 9.59 Å². The van der Waals surface area contributed by atoms with Crippen molar-refractivity contribution in [3.8, 4) is 0 Å². The highest BCUT2D eigenvalue weighted by Gasteiger charge is 2.21. The number of carbonyl (C=O) groups is 2. The van der Waals surface area contributed by atoms with Gasteiger partial charge >= 0.3 is 12.2 Å². The highest BCUT2D eigenvalue weighted by Crippen LogP contribution is 2.09. The van der Waals surface area contributed by atoms with E-state index in [9.17, 15) is 9.59 Å². The second-order valence-electron chi connectivity index (χ2n) is 6.73. The Bertz CT molecular complexity index is 496. The van der Waals surface area contributed by atoms with E-state index in [0.29, 0.717) is 0 Å². The molecule has 0 aromatic rings. The fraction of sp³-hybridized carbons (Fsp3) is 0.562. The summed E-state index contributed by atoms with van der Waals surface area (Å²) in [7, 11) is 1.61. The first kappa shape index (κ1) is 20.7. The van der Waals surface area contributed by atoms with Crippen LogP contribution in [-0.4, -0.2) is 41.3 Å². The van der Waals surface area contributed by atoms with Gasteiger partial charge in [0.1, 0.15) is 11.2 Å². The van der Waals surface area contributed by atoms with Gasteiger partial charge in [-0.05, 0) is 47.6 Å². The molecule has 130 valence electrons. The molecule has 0 aromatic heterocycles. The molecule has 0 fully saturated rings. The number of rotatable bonds is 2. The van der Waals surface area contributed by atoms with E-state index >= 15 is 0 Å². The minimum atomic E-state index is -0.817. The number of guanidine groups is 1. The molecule has 0 aliphatic rings. The summed E-state index contributed by atoms with van der Waals surface area (Å²) in [6.07, 6.45) is 3.21. The van der Waals surface area contributed by atoms with E-state index in [1.54, 1.807) is 66.9 Å². The smallest absolute Gasteiger partial charge is 0.437 e. The van der Waals surface area contributed by atoms with Gasteiger partial charge in [-0.15, -0.1) is 4.99 Å². The number of nitrogens with zero attached hydrogens (tertiary/aromatic N) is 2. The van der Waals surface area contributed by atoms with Crippen LogP contribution < -0.4 is 5.32 Å². The van der Waals surface area contributed by atoms with Gasteiger partial charge in [0.15, 0.2) is 0 Å². The van der Waals surface area contributed by atoms with E-state index in [1.807, 2.05) is 0 Å². The van der Waals surface area contributed by atoms with E-state index < -0.39 is 23.4 Å². The van der Waals surface area contributed by atoms with Crippen LogP contribution in [0.3, 0.4) is 0 Å². The summed E-state index contributed by atoms with van der Waals surface area (Å²) in [5.41, 5.74) is -1.36. The zero-order valence-corrected chi connectivity index (χ0v) is 15.0. The number of alkyl carbamates (subject to hydrolysis) is 1. The van der Waals surface area contributed by atoms with Crippen LogP contribution in [0, 0.1) is 0 Å².